The van der Waals surface area contributed by atoms with Crippen molar-refractivity contribution in [1.82, 2.24) is 0 Å². The zero-order chi connectivity index (χ0) is 79.2. The molecule has 0 spiro atoms. The summed E-state index contributed by atoms with van der Waals surface area (Å²) in [6.45, 7) is 23.7. The van der Waals surface area contributed by atoms with E-state index in [0.29, 0.717) is 58.5 Å². The lowest BCUT2D eigenvalue weighted by Crippen LogP contribution is -2.58. The second-order valence-corrected chi connectivity index (χ2v) is 34.1. The number of rotatable bonds is 19. The van der Waals surface area contributed by atoms with Crippen LogP contribution in [0.15, 0.2) is 121 Å². The molecular formula is C92H122O18. The third-order valence-corrected chi connectivity index (χ3v) is 25.1. The Morgan fingerprint density at radius 2 is 0.591 bits per heavy atom. The lowest BCUT2D eigenvalue weighted by atomic mass is 9.50. The van der Waals surface area contributed by atoms with E-state index >= 15 is 0 Å². The van der Waals surface area contributed by atoms with Crippen LogP contribution in [0.1, 0.15) is 213 Å². The number of phenols is 6. The summed E-state index contributed by atoms with van der Waals surface area (Å²) >= 11 is 0. The number of ether oxygens (including phenoxy) is 8. The number of carbonyl (C=O) groups excluding carboxylic acids is 4. The molecule has 6 aromatic carbocycles. The monoisotopic (exact) mass is 1510 g/mol. The van der Waals surface area contributed by atoms with Gasteiger partial charge >= 0.3 is 24.1 Å². The maximum Gasteiger partial charge on any atom is 0.514 e. The first-order chi connectivity index (χ1) is 52.3. The van der Waals surface area contributed by atoms with E-state index in [2.05, 4.69) is 34.6 Å². The topological polar surface area (TPSA) is 263 Å². The van der Waals surface area contributed by atoms with Crippen LogP contribution in [0.3, 0.4) is 0 Å². The first kappa shape index (κ1) is 83.7. The summed E-state index contributed by atoms with van der Waals surface area (Å²) in [6, 6.07) is 34.8. The van der Waals surface area contributed by atoms with Gasteiger partial charge in [-0.3, -0.25) is 0 Å². The molecule has 0 heterocycles. The molecule has 6 aromatic rings. The van der Waals surface area contributed by atoms with Gasteiger partial charge in [-0.05, 0) is 354 Å². The van der Waals surface area contributed by atoms with E-state index in [1.165, 1.54) is 132 Å². The van der Waals surface area contributed by atoms with E-state index in [9.17, 15) is 34.5 Å². The predicted molar refractivity (Wildman–Crippen MR) is 423 cm³/mol. The van der Waals surface area contributed by atoms with Gasteiger partial charge in [0.05, 0.1) is 0 Å². The van der Waals surface area contributed by atoms with E-state index in [1.54, 1.807) is 75.4 Å². The standard InChI is InChI=1S/C21H28O4.C21H28O3.C20H26O4.C14H20O4.C8H10O2.C8H10O/c1-3-13-9-18(22)11-19(10-13)24-12-20(23)25-21(2)16-5-14-4-15(7-16)8-17(21)6-14;1-3-14-4-6-19(7-5-14)23-13-20(22)24-21(2)17-9-15-8-16(11-17)12-18(21)10-15;1-3-12-9-17(21)11-18(10-12)23-19(22)24-20(2)15-5-13-4-14(7-15)8-16(20)6-13;1-5-10-6-11(15)8-12(7-10)17-9-13(16)18-14(2,3)4;1-2-6-3-7(9)5-8(10)4-6;1-2-7-3-5-8(9)6-4-7/h9-11,14-17,22H,3-8,12H2,1-2H3;4-7,15-18H,3,8-13H2,1-2H3;9-11,13-16,21H,3-8H2,1-2H3;6-8,15H,5,9H2,1-4H3;3-5,9-10H,2H2,1H3;3-6,9H,2H2,1H3. The first-order valence-corrected chi connectivity index (χ1v) is 40.7. The van der Waals surface area contributed by atoms with E-state index < -0.39 is 23.3 Å². The van der Waals surface area contributed by atoms with Gasteiger partial charge in [-0.1, -0.05) is 65.8 Å². The summed E-state index contributed by atoms with van der Waals surface area (Å²) < 4.78 is 44.9. The number of esters is 3. The molecule has 0 amide bonds. The normalized spacial score (nSPS) is 27.5. The molecule has 0 unspecified atom stereocenters. The van der Waals surface area contributed by atoms with Crippen LogP contribution in [0.2, 0.25) is 0 Å². The largest absolute Gasteiger partial charge is 0.514 e. The van der Waals surface area contributed by atoms with Crippen molar-refractivity contribution in [2.24, 2.45) is 71.0 Å². The average molecular weight is 1520 g/mol. The van der Waals surface area contributed by atoms with Gasteiger partial charge in [-0.2, -0.15) is 0 Å². The van der Waals surface area contributed by atoms with E-state index in [1.807, 2.05) is 70.2 Å². The summed E-state index contributed by atoms with van der Waals surface area (Å²) in [4.78, 5) is 48.7. The highest BCUT2D eigenvalue weighted by Gasteiger charge is 2.60. The number of carbonyl (C=O) groups is 4. The lowest BCUT2D eigenvalue weighted by molar-refractivity contribution is -0.205. The Kier molecular flexibility index (Phi) is 28.2. The van der Waals surface area contributed by atoms with Gasteiger partial charge in [0.25, 0.3) is 0 Å². The minimum absolute atomic E-state index is 0.00730. The average Bonchev–Trinajstić information content (AvgIpc) is 0.746. The highest BCUT2D eigenvalue weighted by atomic mass is 16.7. The van der Waals surface area contributed by atoms with Gasteiger partial charge in [-0.25, -0.2) is 19.2 Å². The summed E-state index contributed by atoms with van der Waals surface area (Å²) in [7, 11) is 0. The zero-order valence-electron chi connectivity index (χ0n) is 67.0. The molecule has 0 aliphatic heterocycles. The number of aromatic hydroxyl groups is 6. The zero-order valence-corrected chi connectivity index (χ0v) is 67.0. The summed E-state index contributed by atoms with van der Waals surface area (Å²) in [5, 5.41) is 55.7. The fourth-order valence-corrected chi connectivity index (χ4v) is 19.7. The molecule has 0 radical (unpaired) electrons. The molecule has 18 rings (SSSR count). The van der Waals surface area contributed by atoms with Crippen molar-refractivity contribution in [3.8, 4) is 57.5 Å². The highest BCUT2D eigenvalue weighted by Crippen LogP contribution is 2.62. The van der Waals surface area contributed by atoms with Crippen LogP contribution in [-0.4, -0.2) is 96.9 Å². The smallest absolute Gasteiger partial charge is 0.508 e. The highest BCUT2D eigenvalue weighted by molar-refractivity contribution is 5.73. The fraction of sp³-hybridized carbons (Fsp3) is 0.565. The summed E-state index contributed by atoms with van der Waals surface area (Å²) in [6.07, 6.45) is 23.3. The Labute approximate surface area is 651 Å². The second kappa shape index (κ2) is 37.0. The van der Waals surface area contributed by atoms with Crippen LogP contribution in [0.5, 0.6) is 57.5 Å². The van der Waals surface area contributed by atoms with E-state index in [-0.39, 0.29) is 71.7 Å². The van der Waals surface area contributed by atoms with Crippen molar-refractivity contribution in [2.75, 3.05) is 19.8 Å². The molecule has 0 saturated heterocycles. The van der Waals surface area contributed by atoms with Gasteiger partial charge in [0, 0.05) is 24.3 Å². The van der Waals surface area contributed by atoms with E-state index in [0.717, 1.165) is 102 Å². The molecule has 18 nitrogen and oxygen atoms in total. The van der Waals surface area contributed by atoms with Gasteiger partial charge in [0.15, 0.2) is 19.8 Å². The molecule has 0 aromatic heterocycles. The predicted octanol–water partition coefficient (Wildman–Crippen LogP) is 19.5. The summed E-state index contributed by atoms with van der Waals surface area (Å²) in [5.74, 6) is 10.3. The third-order valence-electron chi connectivity index (χ3n) is 25.1. The molecule has 12 saturated carbocycles. The van der Waals surface area contributed by atoms with Crippen LogP contribution < -0.4 is 18.9 Å². The van der Waals surface area contributed by atoms with Crippen LogP contribution >= 0.6 is 0 Å². The number of phenolic OH excluding ortho intramolecular Hbond substituents is 6. The van der Waals surface area contributed by atoms with Crippen LogP contribution in [0, 0.1) is 71.0 Å². The third kappa shape index (κ3) is 22.5. The molecule has 0 atom stereocenters. The van der Waals surface area contributed by atoms with Crippen molar-refractivity contribution < 1.29 is 87.7 Å². The van der Waals surface area contributed by atoms with Crippen LogP contribution in [-0.2, 0) is 71.9 Å². The SMILES string of the molecule is CCc1cc(O)cc(O)c1.CCc1cc(O)cc(OC(=O)OC2(C)C3CC4CC(C3)CC2C4)c1.CCc1cc(O)cc(OCC(=O)OC(C)(C)C)c1.CCc1cc(O)cc(OCC(=O)OC2(C)C3CC4CC(C3)CC2C4)c1.CCc1ccc(O)cc1.CCc1ccc(OCC(=O)OC2(C)C3CC4CC(C3)CC2C4)cc1. The van der Waals surface area contributed by atoms with Gasteiger partial charge in [-0.15, -0.1) is 0 Å². The van der Waals surface area contributed by atoms with Crippen LogP contribution in [0.25, 0.3) is 0 Å². The Bertz CT molecular complexity index is 3930. The van der Waals surface area contributed by atoms with Crippen molar-refractivity contribution in [1.29, 1.82) is 0 Å². The summed E-state index contributed by atoms with van der Waals surface area (Å²) in [5.41, 5.74) is 4.84. The molecule has 18 heteroatoms. The lowest BCUT2D eigenvalue weighted by Gasteiger charge is -2.59. The molecule has 598 valence electrons. The Morgan fingerprint density at radius 1 is 0.318 bits per heavy atom. The molecular weight excluding hydrogens is 1390 g/mol. The van der Waals surface area contributed by atoms with Crippen molar-refractivity contribution in [3.05, 3.63) is 155 Å². The fourth-order valence-electron chi connectivity index (χ4n) is 19.7. The first-order valence-electron chi connectivity index (χ1n) is 40.7. The van der Waals surface area contributed by atoms with Gasteiger partial charge in [0.1, 0.15) is 79.9 Å². The minimum Gasteiger partial charge on any atom is -0.508 e. The Hall–Kier alpha value is -8.80. The molecule has 12 fully saturated rings. The number of aryl methyl sites for hydroxylation is 6. The molecule has 6 N–H and O–H groups in total. The number of hydrogen-bond donors (Lipinski definition) is 6. The maximum atomic E-state index is 12.4. The molecule has 12 aliphatic rings. The maximum absolute atomic E-state index is 12.4. The molecule has 110 heavy (non-hydrogen) atoms. The molecule has 12 aliphatic carbocycles. The Balaban J connectivity index is 0.000000145. The van der Waals surface area contributed by atoms with Crippen LogP contribution in [0.4, 0.5) is 4.79 Å². The number of hydrogen-bond acceptors (Lipinski definition) is 18. The van der Waals surface area contributed by atoms with Crippen molar-refractivity contribution in [3.63, 3.8) is 0 Å². The van der Waals surface area contributed by atoms with Crippen molar-refractivity contribution in [2.45, 2.75) is 240 Å². The van der Waals surface area contributed by atoms with Gasteiger partial charge in [0.2, 0.25) is 0 Å². The molecule has 12 bridgehead atoms. The Morgan fingerprint density at radius 3 is 0.918 bits per heavy atom. The van der Waals surface area contributed by atoms with Gasteiger partial charge < -0.3 is 68.5 Å². The number of benzene rings is 6. The van der Waals surface area contributed by atoms with Crippen molar-refractivity contribution >= 4 is 24.1 Å². The quantitative estimate of drug-likeness (QED) is 0.0250. The minimum atomic E-state index is -0.641. The van der Waals surface area contributed by atoms with E-state index in [4.69, 9.17) is 53.2 Å². The second-order valence-electron chi connectivity index (χ2n) is 34.1.